The van der Waals surface area contributed by atoms with Crippen LogP contribution >= 0.6 is 0 Å². The van der Waals surface area contributed by atoms with Gasteiger partial charge in [-0.2, -0.15) is 0 Å². The van der Waals surface area contributed by atoms with Crippen LogP contribution in [0.5, 0.6) is 0 Å². The Balaban J connectivity index is 4.14. The molecular weight excluding hydrogens is 210 g/mol. The molecule has 0 fully saturated rings. The van der Waals surface area contributed by atoms with Crippen molar-refractivity contribution in [2.75, 3.05) is 33.7 Å². The van der Waals surface area contributed by atoms with Gasteiger partial charge in [-0.3, -0.25) is 4.90 Å². The molecule has 0 aliphatic rings. The van der Waals surface area contributed by atoms with Crippen LogP contribution < -0.4 is 5.32 Å². The fourth-order valence-electron chi connectivity index (χ4n) is 2.32. The zero-order valence-corrected chi connectivity index (χ0v) is 13.0. The van der Waals surface area contributed by atoms with E-state index in [2.05, 4.69) is 63.8 Å². The van der Waals surface area contributed by atoms with Crippen molar-refractivity contribution >= 4 is 0 Å². The average Bonchev–Trinajstić information content (AvgIpc) is 2.25. The van der Waals surface area contributed by atoms with Crippen molar-refractivity contribution in [1.82, 2.24) is 15.1 Å². The summed E-state index contributed by atoms with van der Waals surface area (Å²) in [6.07, 6.45) is 1.20. The molecule has 0 aliphatic carbocycles. The van der Waals surface area contributed by atoms with Crippen molar-refractivity contribution in [3.8, 4) is 0 Å². The van der Waals surface area contributed by atoms with E-state index < -0.39 is 0 Å². The summed E-state index contributed by atoms with van der Waals surface area (Å²) in [4.78, 5) is 4.84. The van der Waals surface area contributed by atoms with Crippen LogP contribution in [0, 0.1) is 0 Å². The molecular formula is C14H33N3. The quantitative estimate of drug-likeness (QED) is 0.668. The van der Waals surface area contributed by atoms with Gasteiger partial charge in [0.25, 0.3) is 0 Å². The Labute approximate surface area is 109 Å². The fraction of sp³-hybridized carbons (Fsp3) is 1.00. The van der Waals surface area contributed by atoms with Crippen LogP contribution in [0.15, 0.2) is 0 Å². The lowest BCUT2D eigenvalue weighted by molar-refractivity contribution is 0.133. The van der Waals surface area contributed by atoms with Gasteiger partial charge >= 0.3 is 0 Å². The van der Waals surface area contributed by atoms with Crippen molar-refractivity contribution in [2.45, 2.75) is 59.2 Å². The topological polar surface area (TPSA) is 18.5 Å². The van der Waals surface area contributed by atoms with E-state index in [4.69, 9.17) is 0 Å². The largest absolute Gasteiger partial charge is 0.313 e. The Hall–Kier alpha value is -0.120. The van der Waals surface area contributed by atoms with E-state index in [-0.39, 0.29) is 0 Å². The van der Waals surface area contributed by atoms with E-state index in [9.17, 15) is 0 Å². The number of nitrogens with one attached hydrogen (secondary N) is 1. The molecule has 0 aromatic rings. The Kier molecular flexibility index (Phi) is 8.83. The van der Waals surface area contributed by atoms with Gasteiger partial charge < -0.3 is 10.2 Å². The molecule has 0 aromatic carbocycles. The highest BCUT2D eigenvalue weighted by atomic mass is 15.2. The summed E-state index contributed by atoms with van der Waals surface area (Å²) in [5.74, 6) is 0. The first-order valence-electron chi connectivity index (χ1n) is 7.06. The van der Waals surface area contributed by atoms with Gasteiger partial charge in [0.05, 0.1) is 0 Å². The highest BCUT2D eigenvalue weighted by molar-refractivity contribution is 4.76. The van der Waals surface area contributed by atoms with E-state index >= 15 is 0 Å². The molecule has 3 heteroatoms. The molecule has 17 heavy (non-hydrogen) atoms. The van der Waals surface area contributed by atoms with Crippen molar-refractivity contribution in [3.63, 3.8) is 0 Å². The molecule has 0 aliphatic heterocycles. The monoisotopic (exact) mass is 243 g/mol. The van der Waals surface area contributed by atoms with Crippen LogP contribution in [0.1, 0.15) is 41.0 Å². The number of likely N-dealkylation sites (N-methyl/N-ethyl adjacent to an activating group) is 2. The molecule has 3 atom stereocenters. The molecule has 0 aromatic heterocycles. The maximum absolute atomic E-state index is 3.60. The molecule has 0 rings (SSSR count). The van der Waals surface area contributed by atoms with E-state index in [1.54, 1.807) is 0 Å². The summed E-state index contributed by atoms with van der Waals surface area (Å²) in [6, 6.07) is 1.84. The van der Waals surface area contributed by atoms with Crippen LogP contribution in [0.2, 0.25) is 0 Å². The zero-order chi connectivity index (χ0) is 13.4. The van der Waals surface area contributed by atoms with Crippen LogP contribution in [-0.4, -0.2) is 61.7 Å². The molecule has 1 N–H and O–H groups in total. The lowest BCUT2D eigenvalue weighted by Gasteiger charge is -2.35. The fourth-order valence-corrected chi connectivity index (χ4v) is 2.32. The van der Waals surface area contributed by atoms with E-state index in [0.29, 0.717) is 18.1 Å². The SMILES string of the molecule is CCC(C)NCC(C)N(CC)C(C)CN(C)C. The molecule has 3 nitrogen and oxygen atoms in total. The van der Waals surface area contributed by atoms with E-state index in [0.717, 1.165) is 19.6 Å². The van der Waals surface area contributed by atoms with Crippen molar-refractivity contribution in [1.29, 1.82) is 0 Å². The third kappa shape index (κ3) is 7.02. The molecule has 3 unspecified atom stereocenters. The van der Waals surface area contributed by atoms with Gasteiger partial charge in [0, 0.05) is 31.2 Å². The maximum atomic E-state index is 3.60. The van der Waals surface area contributed by atoms with Crippen LogP contribution in [0.3, 0.4) is 0 Å². The lowest BCUT2D eigenvalue weighted by Crippen LogP contribution is -2.49. The van der Waals surface area contributed by atoms with Gasteiger partial charge in [-0.1, -0.05) is 13.8 Å². The van der Waals surface area contributed by atoms with Crippen molar-refractivity contribution in [2.24, 2.45) is 0 Å². The first-order valence-corrected chi connectivity index (χ1v) is 7.06. The summed E-state index contributed by atoms with van der Waals surface area (Å²) in [5, 5.41) is 3.60. The maximum Gasteiger partial charge on any atom is 0.0197 e. The molecule has 104 valence electrons. The normalized spacial score (nSPS) is 17.5. The highest BCUT2D eigenvalue weighted by Gasteiger charge is 2.18. The first-order chi connectivity index (χ1) is 7.92. The smallest absolute Gasteiger partial charge is 0.0197 e. The van der Waals surface area contributed by atoms with Crippen LogP contribution in [0.25, 0.3) is 0 Å². The number of rotatable bonds is 9. The van der Waals surface area contributed by atoms with E-state index in [1.807, 2.05) is 0 Å². The molecule has 0 radical (unpaired) electrons. The third-order valence-corrected chi connectivity index (χ3v) is 3.50. The molecule has 0 saturated carbocycles. The van der Waals surface area contributed by atoms with Gasteiger partial charge in [-0.25, -0.2) is 0 Å². The summed E-state index contributed by atoms with van der Waals surface area (Å²) >= 11 is 0. The molecule has 0 spiro atoms. The average molecular weight is 243 g/mol. The van der Waals surface area contributed by atoms with Gasteiger partial charge in [-0.15, -0.1) is 0 Å². The number of hydrogen-bond donors (Lipinski definition) is 1. The first kappa shape index (κ1) is 16.9. The Bertz CT molecular complexity index is 182. The number of nitrogens with zero attached hydrogens (tertiary/aromatic N) is 2. The zero-order valence-electron chi connectivity index (χ0n) is 13.0. The highest BCUT2D eigenvalue weighted by Crippen LogP contribution is 2.06. The second-order valence-electron chi connectivity index (χ2n) is 5.51. The molecule has 0 saturated heterocycles. The molecule has 0 amide bonds. The Morgan fingerprint density at radius 1 is 1.00 bits per heavy atom. The summed E-state index contributed by atoms with van der Waals surface area (Å²) in [6.45, 7) is 14.7. The Morgan fingerprint density at radius 2 is 1.59 bits per heavy atom. The van der Waals surface area contributed by atoms with Crippen molar-refractivity contribution in [3.05, 3.63) is 0 Å². The summed E-state index contributed by atoms with van der Waals surface area (Å²) < 4.78 is 0. The van der Waals surface area contributed by atoms with Gasteiger partial charge in [0.1, 0.15) is 0 Å². The molecule has 0 heterocycles. The van der Waals surface area contributed by atoms with E-state index in [1.165, 1.54) is 6.42 Å². The van der Waals surface area contributed by atoms with Crippen molar-refractivity contribution < 1.29 is 0 Å². The third-order valence-electron chi connectivity index (χ3n) is 3.50. The number of hydrogen-bond acceptors (Lipinski definition) is 3. The van der Waals surface area contributed by atoms with Gasteiger partial charge in [0.2, 0.25) is 0 Å². The summed E-state index contributed by atoms with van der Waals surface area (Å²) in [7, 11) is 4.29. The van der Waals surface area contributed by atoms with Crippen LogP contribution in [0.4, 0.5) is 0 Å². The van der Waals surface area contributed by atoms with Gasteiger partial charge in [0.15, 0.2) is 0 Å². The molecule has 0 bridgehead atoms. The predicted molar refractivity (Wildman–Crippen MR) is 77.6 cm³/mol. The second-order valence-corrected chi connectivity index (χ2v) is 5.51. The van der Waals surface area contributed by atoms with Gasteiger partial charge in [-0.05, 0) is 47.8 Å². The minimum absolute atomic E-state index is 0.601. The lowest BCUT2D eigenvalue weighted by atomic mass is 10.1. The van der Waals surface area contributed by atoms with Crippen LogP contribution in [-0.2, 0) is 0 Å². The minimum atomic E-state index is 0.601. The summed E-state index contributed by atoms with van der Waals surface area (Å²) in [5.41, 5.74) is 0. The Morgan fingerprint density at radius 3 is 2.00 bits per heavy atom. The minimum Gasteiger partial charge on any atom is -0.313 e. The standard InChI is InChI=1S/C14H33N3/c1-8-12(3)15-10-13(4)17(9-2)14(5)11-16(6)7/h12-15H,8-11H2,1-7H3. The predicted octanol–water partition coefficient (Wildman–Crippen LogP) is 2.04. The second kappa shape index (κ2) is 8.90.